The monoisotopic (exact) mass is 422 g/mol. The molecular formula is C23H23ClN4O2. The molecule has 0 aliphatic heterocycles. The van der Waals surface area contributed by atoms with Gasteiger partial charge in [0.05, 0.1) is 11.8 Å². The van der Waals surface area contributed by atoms with E-state index in [1.807, 2.05) is 30.5 Å². The molecule has 0 radical (unpaired) electrons. The van der Waals surface area contributed by atoms with Crippen LogP contribution in [0.4, 0.5) is 5.69 Å². The lowest BCUT2D eigenvalue weighted by molar-refractivity contribution is 0.102. The van der Waals surface area contributed by atoms with E-state index >= 15 is 0 Å². The average Bonchev–Trinajstić information content (AvgIpc) is 3.13. The quantitative estimate of drug-likeness (QED) is 0.325. The fourth-order valence-electron chi connectivity index (χ4n) is 3.07. The lowest BCUT2D eigenvalue weighted by atomic mass is 10.2. The highest BCUT2D eigenvalue weighted by Crippen LogP contribution is 2.23. The van der Waals surface area contributed by atoms with E-state index in [1.54, 1.807) is 49.7 Å². The number of benzene rings is 1. The number of aliphatic imine (C=N–C) groups is 1. The maximum Gasteiger partial charge on any atom is 0.259 e. The molecule has 1 N–H and O–H groups in total. The van der Waals surface area contributed by atoms with Crippen molar-refractivity contribution < 1.29 is 9.53 Å². The number of allylic oxidation sites excluding steroid dienone is 3. The Labute approximate surface area is 180 Å². The van der Waals surface area contributed by atoms with Crippen molar-refractivity contribution in [2.45, 2.75) is 20.5 Å². The van der Waals surface area contributed by atoms with Gasteiger partial charge in [0.1, 0.15) is 18.0 Å². The smallest absolute Gasteiger partial charge is 0.259 e. The van der Waals surface area contributed by atoms with Crippen molar-refractivity contribution in [2.75, 3.05) is 12.4 Å². The van der Waals surface area contributed by atoms with Crippen LogP contribution in [0.15, 0.2) is 66.0 Å². The summed E-state index contributed by atoms with van der Waals surface area (Å²) in [7, 11) is 1.66. The SMILES string of the molecule is C=C/C=C(\C=N/C)OCc1cc(NC(=O)c2ccn3c(C)cc(C)nc23)ccc1Cl. The molecule has 3 rings (SSSR count). The Balaban J connectivity index is 1.81. The number of amides is 1. The van der Waals surface area contributed by atoms with Gasteiger partial charge in [0.2, 0.25) is 0 Å². The third kappa shape index (κ3) is 4.78. The van der Waals surface area contributed by atoms with Crippen molar-refractivity contribution in [1.82, 2.24) is 9.38 Å². The van der Waals surface area contributed by atoms with E-state index in [-0.39, 0.29) is 12.5 Å². The first-order chi connectivity index (χ1) is 14.4. The number of aryl methyl sites for hydroxylation is 2. The fraction of sp³-hybridized carbons (Fsp3) is 0.174. The van der Waals surface area contributed by atoms with Gasteiger partial charge in [-0.3, -0.25) is 9.79 Å². The number of carbonyl (C=O) groups is 1. The lowest BCUT2D eigenvalue weighted by Gasteiger charge is -2.11. The predicted molar refractivity (Wildman–Crippen MR) is 122 cm³/mol. The standard InChI is InChI=1S/C23H23ClN4O2/c1-5-6-19(13-25-4)30-14-17-12-18(7-8-21(17)24)27-23(29)20-9-10-28-16(3)11-15(2)26-22(20)28/h5-13H,1,14H2,2-4H3,(H,27,29)/b19-6+,25-13-. The van der Waals surface area contributed by atoms with Gasteiger partial charge in [-0.1, -0.05) is 24.3 Å². The molecule has 0 saturated heterocycles. The summed E-state index contributed by atoms with van der Waals surface area (Å²) in [5.41, 5.74) is 4.36. The molecule has 0 atom stereocenters. The number of carbonyl (C=O) groups excluding carboxylic acids is 1. The Morgan fingerprint density at radius 2 is 2.13 bits per heavy atom. The molecule has 2 aromatic heterocycles. The zero-order valence-corrected chi connectivity index (χ0v) is 17.9. The number of anilines is 1. The topological polar surface area (TPSA) is 68.0 Å². The van der Waals surface area contributed by atoms with Crippen molar-refractivity contribution in [1.29, 1.82) is 0 Å². The van der Waals surface area contributed by atoms with E-state index in [0.29, 0.717) is 27.7 Å². The van der Waals surface area contributed by atoms with Gasteiger partial charge >= 0.3 is 0 Å². The summed E-state index contributed by atoms with van der Waals surface area (Å²) in [5, 5.41) is 3.46. The fourth-order valence-corrected chi connectivity index (χ4v) is 3.24. The Morgan fingerprint density at radius 1 is 1.33 bits per heavy atom. The third-order valence-electron chi connectivity index (χ3n) is 4.42. The van der Waals surface area contributed by atoms with E-state index < -0.39 is 0 Å². The summed E-state index contributed by atoms with van der Waals surface area (Å²) >= 11 is 6.30. The number of aromatic nitrogens is 2. The van der Waals surface area contributed by atoms with E-state index in [4.69, 9.17) is 16.3 Å². The molecule has 0 saturated carbocycles. The highest BCUT2D eigenvalue weighted by Gasteiger charge is 2.15. The summed E-state index contributed by atoms with van der Waals surface area (Å²) in [4.78, 5) is 21.3. The van der Waals surface area contributed by atoms with Crippen LogP contribution in [0, 0.1) is 13.8 Å². The minimum absolute atomic E-state index is 0.226. The number of hydrogen-bond acceptors (Lipinski definition) is 4. The number of halogens is 1. The Kier molecular flexibility index (Phi) is 6.69. The van der Waals surface area contributed by atoms with E-state index in [9.17, 15) is 4.79 Å². The lowest BCUT2D eigenvalue weighted by Crippen LogP contribution is -2.13. The van der Waals surface area contributed by atoms with Gasteiger partial charge in [0, 0.05) is 40.9 Å². The molecule has 0 unspecified atom stereocenters. The molecule has 0 spiro atoms. The molecule has 2 heterocycles. The molecule has 1 amide bonds. The third-order valence-corrected chi connectivity index (χ3v) is 4.79. The van der Waals surface area contributed by atoms with Crippen molar-refractivity contribution in [3.8, 4) is 0 Å². The first kappa shape index (κ1) is 21.3. The second-order valence-corrected chi connectivity index (χ2v) is 7.11. The van der Waals surface area contributed by atoms with Crippen LogP contribution in [0.2, 0.25) is 5.02 Å². The number of hydrogen-bond donors (Lipinski definition) is 1. The largest absolute Gasteiger partial charge is 0.487 e. The van der Waals surface area contributed by atoms with Crippen molar-refractivity contribution in [3.63, 3.8) is 0 Å². The van der Waals surface area contributed by atoms with Crippen molar-refractivity contribution in [2.24, 2.45) is 4.99 Å². The second-order valence-electron chi connectivity index (χ2n) is 6.70. The minimum Gasteiger partial charge on any atom is -0.487 e. The van der Waals surface area contributed by atoms with Gasteiger partial charge in [-0.15, -0.1) is 0 Å². The summed E-state index contributed by atoms with van der Waals surface area (Å²) in [5.74, 6) is 0.324. The van der Waals surface area contributed by atoms with E-state index in [2.05, 4.69) is 21.9 Å². The molecule has 0 aliphatic rings. The van der Waals surface area contributed by atoms with Gasteiger partial charge < -0.3 is 14.5 Å². The van der Waals surface area contributed by atoms with E-state index in [0.717, 1.165) is 17.0 Å². The molecule has 7 heteroatoms. The van der Waals surface area contributed by atoms with Crippen LogP contribution >= 0.6 is 11.6 Å². The molecule has 0 aliphatic carbocycles. The zero-order valence-electron chi connectivity index (χ0n) is 17.1. The van der Waals surface area contributed by atoms with Gasteiger partial charge in [-0.25, -0.2) is 4.98 Å². The van der Waals surface area contributed by atoms with Crippen molar-refractivity contribution in [3.05, 3.63) is 88.6 Å². The molecule has 0 fully saturated rings. The van der Waals surface area contributed by atoms with Crippen LogP contribution in [0.25, 0.3) is 5.65 Å². The highest BCUT2D eigenvalue weighted by molar-refractivity contribution is 6.31. The van der Waals surface area contributed by atoms with Crippen molar-refractivity contribution >= 4 is 35.1 Å². The van der Waals surface area contributed by atoms with Crippen LogP contribution in [0.3, 0.4) is 0 Å². The molecule has 30 heavy (non-hydrogen) atoms. The van der Waals surface area contributed by atoms with Crippen LogP contribution in [0.5, 0.6) is 0 Å². The Morgan fingerprint density at radius 3 is 2.87 bits per heavy atom. The Bertz CT molecular complexity index is 1160. The average molecular weight is 423 g/mol. The first-order valence-electron chi connectivity index (χ1n) is 9.35. The van der Waals surface area contributed by atoms with Crippen LogP contribution in [-0.2, 0) is 11.3 Å². The zero-order chi connectivity index (χ0) is 21.7. The molecular weight excluding hydrogens is 400 g/mol. The number of nitrogens with one attached hydrogen (secondary N) is 1. The summed E-state index contributed by atoms with van der Waals surface area (Å²) in [6.45, 7) is 7.77. The maximum absolute atomic E-state index is 12.9. The number of nitrogens with zero attached hydrogens (tertiary/aromatic N) is 3. The Hall–Kier alpha value is -3.38. The molecule has 1 aromatic carbocycles. The summed E-state index contributed by atoms with van der Waals surface area (Å²) < 4.78 is 7.63. The van der Waals surface area contributed by atoms with Gasteiger partial charge in [-0.2, -0.15) is 0 Å². The summed E-state index contributed by atoms with van der Waals surface area (Å²) in [6, 6.07) is 9.00. The highest BCUT2D eigenvalue weighted by atomic mass is 35.5. The molecule has 0 bridgehead atoms. The molecule has 3 aromatic rings. The predicted octanol–water partition coefficient (Wildman–Crippen LogP) is 5.14. The molecule has 154 valence electrons. The van der Waals surface area contributed by atoms with Crippen LogP contribution < -0.4 is 5.32 Å². The summed E-state index contributed by atoms with van der Waals surface area (Å²) in [6.07, 6.45) is 6.77. The normalized spacial score (nSPS) is 11.8. The van der Waals surface area contributed by atoms with Gasteiger partial charge in [0.25, 0.3) is 5.91 Å². The van der Waals surface area contributed by atoms with E-state index in [1.165, 1.54) is 0 Å². The first-order valence-corrected chi connectivity index (χ1v) is 9.73. The number of ether oxygens (including phenoxy) is 1. The minimum atomic E-state index is -0.241. The maximum atomic E-state index is 12.9. The van der Waals surface area contributed by atoms with Gasteiger partial charge in [-0.05, 0) is 50.3 Å². The number of fused-ring (bicyclic) bond motifs is 1. The van der Waals surface area contributed by atoms with Crippen LogP contribution in [-0.4, -0.2) is 28.6 Å². The molecule has 6 nitrogen and oxygen atoms in total. The van der Waals surface area contributed by atoms with Gasteiger partial charge in [0.15, 0.2) is 0 Å². The van der Waals surface area contributed by atoms with Crippen LogP contribution in [0.1, 0.15) is 27.3 Å². The number of rotatable bonds is 7. The second kappa shape index (κ2) is 9.41.